The predicted molar refractivity (Wildman–Crippen MR) is 118 cm³/mol. The number of hydrogen-bond acceptors (Lipinski definition) is 9. The van der Waals surface area contributed by atoms with Gasteiger partial charge in [-0.15, -0.1) is 5.10 Å². The molecule has 13 heteroatoms. The quantitative estimate of drug-likeness (QED) is 0.198. The topological polar surface area (TPSA) is 95.7 Å². The highest BCUT2D eigenvalue weighted by molar-refractivity contribution is 8.14. The van der Waals surface area contributed by atoms with Gasteiger partial charge in [-0.2, -0.15) is 0 Å². The number of benzene rings is 1. The van der Waals surface area contributed by atoms with Crippen LogP contribution < -0.4 is 0 Å². The van der Waals surface area contributed by atoms with E-state index in [9.17, 15) is 4.79 Å². The van der Waals surface area contributed by atoms with Crippen molar-refractivity contribution in [2.75, 3.05) is 6.61 Å². The van der Waals surface area contributed by atoms with Crippen molar-refractivity contribution in [3.8, 4) is 11.4 Å². The molecule has 0 spiro atoms. The Bertz CT molecular complexity index is 1220. The fourth-order valence-corrected chi connectivity index (χ4v) is 4.80. The molecule has 154 valence electrons. The zero-order valence-electron chi connectivity index (χ0n) is 15.2. The summed E-state index contributed by atoms with van der Waals surface area (Å²) in [7, 11) is 0. The molecule has 4 aromatic rings. The highest BCUT2D eigenvalue weighted by atomic mass is 35.5. The first-order valence-electron chi connectivity index (χ1n) is 8.45. The maximum atomic E-state index is 11.6. The standard InChI is InChI=1S/C17H11Cl3N6O2S2/c1-2-28-17(27)30-16-23-14-15(29-16)22-11(5-21-14)12-7-26(25-24-12)6-8-3-9(18)13(20)10(19)4-8/h3-5,7H,2,6H2,1H3. The lowest BCUT2D eigenvalue weighted by molar-refractivity contribution is 0.181. The number of carbonyl (C=O) groups is 1. The summed E-state index contributed by atoms with van der Waals surface area (Å²) in [5.41, 5.74) is 2.37. The zero-order valence-corrected chi connectivity index (χ0v) is 19.1. The minimum Gasteiger partial charge on any atom is -0.458 e. The van der Waals surface area contributed by atoms with E-state index < -0.39 is 5.30 Å². The van der Waals surface area contributed by atoms with Gasteiger partial charge in [0.25, 0.3) is 0 Å². The highest BCUT2D eigenvalue weighted by Crippen LogP contribution is 2.32. The summed E-state index contributed by atoms with van der Waals surface area (Å²) < 4.78 is 7.06. The van der Waals surface area contributed by atoms with E-state index in [1.54, 1.807) is 36.1 Å². The van der Waals surface area contributed by atoms with Crippen molar-refractivity contribution in [2.45, 2.75) is 17.8 Å². The van der Waals surface area contributed by atoms with E-state index in [1.807, 2.05) is 0 Å². The average molecular weight is 502 g/mol. The molecule has 0 aliphatic carbocycles. The number of carbonyl (C=O) groups excluding carboxylic acids is 1. The molecule has 0 saturated heterocycles. The number of nitrogens with zero attached hydrogens (tertiary/aromatic N) is 6. The number of fused-ring (bicyclic) bond motifs is 1. The van der Waals surface area contributed by atoms with Crippen molar-refractivity contribution in [3.63, 3.8) is 0 Å². The van der Waals surface area contributed by atoms with E-state index in [2.05, 4.69) is 25.3 Å². The highest BCUT2D eigenvalue weighted by Gasteiger charge is 2.15. The Morgan fingerprint density at radius 3 is 2.70 bits per heavy atom. The lowest BCUT2D eigenvalue weighted by atomic mass is 10.2. The molecular formula is C17H11Cl3N6O2S2. The molecule has 0 fully saturated rings. The average Bonchev–Trinajstić information content (AvgIpc) is 3.31. The van der Waals surface area contributed by atoms with Gasteiger partial charge in [-0.05, 0) is 24.6 Å². The number of thiazole rings is 1. The summed E-state index contributed by atoms with van der Waals surface area (Å²) in [4.78, 5) is 25.3. The minimum absolute atomic E-state index is 0.307. The van der Waals surface area contributed by atoms with E-state index >= 15 is 0 Å². The largest absolute Gasteiger partial charge is 0.458 e. The first-order valence-corrected chi connectivity index (χ1v) is 11.2. The van der Waals surface area contributed by atoms with Crippen molar-refractivity contribution in [3.05, 3.63) is 45.2 Å². The van der Waals surface area contributed by atoms with Gasteiger partial charge in [0.1, 0.15) is 11.4 Å². The maximum Gasteiger partial charge on any atom is 0.374 e. The van der Waals surface area contributed by atoms with E-state index in [1.165, 1.54) is 11.3 Å². The van der Waals surface area contributed by atoms with Gasteiger partial charge in [0.15, 0.2) is 14.8 Å². The summed E-state index contributed by atoms with van der Waals surface area (Å²) in [6.07, 6.45) is 3.30. The number of ether oxygens (including phenoxy) is 1. The van der Waals surface area contributed by atoms with Gasteiger partial charge < -0.3 is 4.74 Å². The molecule has 0 bridgehead atoms. The van der Waals surface area contributed by atoms with Crippen LogP contribution in [0, 0.1) is 0 Å². The fraction of sp³-hybridized carbons (Fsp3) is 0.176. The molecule has 1 aromatic carbocycles. The molecule has 0 atom stereocenters. The Morgan fingerprint density at radius 2 is 1.97 bits per heavy atom. The third kappa shape index (κ3) is 4.68. The summed E-state index contributed by atoms with van der Waals surface area (Å²) in [6.45, 7) is 2.46. The van der Waals surface area contributed by atoms with E-state index in [0.717, 1.165) is 17.3 Å². The van der Waals surface area contributed by atoms with Crippen LogP contribution in [0.15, 0.2) is 28.9 Å². The molecule has 0 N–H and O–H groups in total. The number of thioether (sulfide) groups is 1. The van der Waals surface area contributed by atoms with Crippen LogP contribution in [0.25, 0.3) is 21.9 Å². The third-order valence-electron chi connectivity index (χ3n) is 3.73. The number of aromatic nitrogens is 6. The van der Waals surface area contributed by atoms with Gasteiger partial charge in [0, 0.05) is 11.8 Å². The molecule has 3 aromatic heterocycles. The second kappa shape index (κ2) is 9.03. The molecule has 0 aliphatic heterocycles. The molecule has 30 heavy (non-hydrogen) atoms. The van der Waals surface area contributed by atoms with Crippen LogP contribution in [-0.2, 0) is 11.3 Å². The van der Waals surface area contributed by atoms with Crippen LogP contribution >= 0.6 is 57.9 Å². The summed E-state index contributed by atoms with van der Waals surface area (Å²) in [5.74, 6) is 0. The van der Waals surface area contributed by atoms with Gasteiger partial charge in [0.05, 0.1) is 40.6 Å². The molecule has 0 saturated carbocycles. The van der Waals surface area contributed by atoms with Crippen molar-refractivity contribution in [1.82, 2.24) is 29.9 Å². The lowest BCUT2D eigenvalue weighted by Gasteiger charge is -2.05. The summed E-state index contributed by atoms with van der Waals surface area (Å²) in [6, 6.07) is 3.45. The third-order valence-corrected chi connectivity index (χ3v) is 6.71. The number of rotatable bonds is 5. The Balaban J connectivity index is 1.54. The van der Waals surface area contributed by atoms with E-state index in [4.69, 9.17) is 39.5 Å². The zero-order chi connectivity index (χ0) is 21.3. The van der Waals surface area contributed by atoms with Gasteiger partial charge in [-0.1, -0.05) is 51.4 Å². The normalized spacial score (nSPS) is 11.2. The summed E-state index contributed by atoms with van der Waals surface area (Å²) >= 11 is 20.3. The van der Waals surface area contributed by atoms with Gasteiger partial charge >= 0.3 is 5.30 Å². The monoisotopic (exact) mass is 500 g/mol. The van der Waals surface area contributed by atoms with Crippen molar-refractivity contribution >= 4 is 73.7 Å². The van der Waals surface area contributed by atoms with Crippen LogP contribution in [0.2, 0.25) is 15.1 Å². The van der Waals surface area contributed by atoms with Crippen LogP contribution in [0.3, 0.4) is 0 Å². The summed E-state index contributed by atoms with van der Waals surface area (Å²) in [5, 5.41) is 8.92. The van der Waals surface area contributed by atoms with Gasteiger partial charge in [-0.25, -0.2) is 24.4 Å². The Kier molecular flexibility index (Phi) is 6.40. The van der Waals surface area contributed by atoms with Crippen LogP contribution in [0.5, 0.6) is 0 Å². The van der Waals surface area contributed by atoms with E-state index in [0.29, 0.717) is 54.4 Å². The first-order chi connectivity index (χ1) is 14.4. The second-order valence-corrected chi connectivity index (χ2v) is 9.18. The molecule has 8 nitrogen and oxygen atoms in total. The maximum absolute atomic E-state index is 11.6. The Hall–Kier alpha value is -1.98. The first kappa shape index (κ1) is 21.3. The van der Waals surface area contributed by atoms with Crippen molar-refractivity contribution in [2.24, 2.45) is 0 Å². The van der Waals surface area contributed by atoms with Crippen molar-refractivity contribution in [1.29, 1.82) is 0 Å². The molecule has 0 amide bonds. The van der Waals surface area contributed by atoms with Crippen molar-refractivity contribution < 1.29 is 9.53 Å². The second-order valence-electron chi connectivity index (χ2n) is 5.82. The van der Waals surface area contributed by atoms with Gasteiger partial charge in [0.2, 0.25) is 0 Å². The number of halogens is 3. The van der Waals surface area contributed by atoms with E-state index in [-0.39, 0.29) is 0 Å². The molecule has 0 radical (unpaired) electrons. The fourth-order valence-electron chi connectivity index (χ4n) is 2.47. The molecule has 3 heterocycles. The molecule has 0 aliphatic rings. The number of hydrogen-bond donors (Lipinski definition) is 0. The van der Waals surface area contributed by atoms with Crippen LogP contribution in [0.1, 0.15) is 12.5 Å². The van der Waals surface area contributed by atoms with Crippen LogP contribution in [0.4, 0.5) is 4.79 Å². The molecular weight excluding hydrogens is 491 g/mol. The minimum atomic E-state index is -0.415. The smallest absolute Gasteiger partial charge is 0.374 e. The SMILES string of the molecule is CCOC(=O)Sc1nc2ncc(-c3cn(Cc4cc(Cl)c(Cl)c(Cl)c4)nn3)nc2s1. The van der Waals surface area contributed by atoms with Crippen LogP contribution in [-0.4, -0.2) is 41.9 Å². The Labute approximate surface area is 193 Å². The molecule has 0 unspecified atom stereocenters. The Morgan fingerprint density at radius 1 is 1.20 bits per heavy atom. The van der Waals surface area contributed by atoms with Gasteiger partial charge in [-0.3, -0.25) is 0 Å². The molecule has 4 rings (SSSR count). The lowest BCUT2D eigenvalue weighted by Crippen LogP contribution is -2.00. The predicted octanol–water partition coefficient (Wildman–Crippen LogP) is 5.60.